The fourth-order valence-corrected chi connectivity index (χ4v) is 4.00. The summed E-state index contributed by atoms with van der Waals surface area (Å²) in [4.78, 5) is 5.13. The van der Waals surface area contributed by atoms with E-state index in [1.165, 1.54) is 36.9 Å². The molecular weight excluding hydrogens is 246 g/mol. The third kappa shape index (κ3) is 2.39. The molecule has 2 atom stereocenters. The lowest BCUT2D eigenvalue weighted by Gasteiger charge is -2.40. The summed E-state index contributed by atoms with van der Waals surface area (Å²) in [6.45, 7) is 6.43. The Morgan fingerprint density at radius 1 is 1.30 bits per heavy atom. The first-order valence-electron chi connectivity index (χ1n) is 7.87. The molecular formula is C17H27N3. The maximum absolute atomic E-state index is 6.23. The summed E-state index contributed by atoms with van der Waals surface area (Å²) in [6, 6.07) is 9.55. The van der Waals surface area contributed by atoms with Gasteiger partial charge in [0.1, 0.15) is 0 Å². The second-order valence-corrected chi connectivity index (χ2v) is 6.69. The Morgan fingerprint density at radius 3 is 2.70 bits per heavy atom. The van der Waals surface area contributed by atoms with Crippen molar-refractivity contribution in [3.63, 3.8) is 0 Å². The average Bonchev–Trinajstić information content (AvgIpc) is 2.65. The molecule has 1 fully saturated rings. The molecule has 1 aromatic rings. The molecule has 0 aromatic heterocycles. The van der Waals surface area contributed by atoms with E-state index in [9.17, 15) is 0 Å². The molecule has 0 radical (unpaired) electrons. The predicted molar refractivity (Wildman–Crippen MR) is 83.7 cm³/mol. The minimum absolute atomic E-state index is 0.172. The normalized spacial score (nSPS) is 32.0. The van der Waals surface area contributed by atoms with Crippen LogP contribution in [0.3, 0.4) is 0 Å². The third-order valence-corrected chi connectivity index (χ3v) is 5.38. The number of likely N-dealkylation sites (tertiary alicyclic amines) is 1. The van der Waals surface area contributed by atoms with E-state index in [0.717, 1.165) is 19.6 Å². The Morgan fingerprint density at radius 2 is 2.05 bits per heavy atom. The molecule has 3 heteroatoms. The Hall–Kier alpha value is -0.900. The molecule has 0 spiro atoms. The molecule has 110 valence electrons. The van der Waals surface area contributed by atoms with E-state index in [2.05, 4.69) is 48.0 Å². The first-order valence-corrected chi connectivity index (χ1v) is 7.87. The summed E-state index contributed by atoms with van der Waals surface area (Å²) in [6.07, 6.45) is 3.65. The summed E-state index contributed by atoms with van der Waals surface area (Å²) in [7, 11) is 2.23. The maximum Gasteiger partial charge on any atom is 0.0476 e. The molecule has 20 heavy (non-hydrogen) atoms. The van der Waals surface area contributed by atoms with E-state index in [0.29, 0.717) is 6.04 Å². The van der Waals surface area contributed by atoms with Crippen LogP contribution in [-0.2, 0) is 13.0 Å². The monoisotopic (exact) mass is 273 g/mol. The van der Waals surface area contributed by atoms with Gasteiger partial charge in [0.15, 0.2) is 0 Å². The number of aryl methyl sites for hydroxylation is 1. The minimum atomic E-state index is 0.172. The second kappa shape index (κ2) is 5.47. The van der Waals surface area contributed by atoms with Crippen LogP contribution in [0.4, 0.5) is 0 Å². The zero-order valence-electron chi connectivity index (χ0n) is 12.8. The third-order valence-electron chi connectivity index (χ3n) is 5.38. The van der Waals surface area contributed by atoms with Gasteiger partial charge in [-0.3, -0.25) is 4.90 Å². The van der Waals surface area contributed by atoms with Crippen molar-refractivity contribution in [2.45, 2.75) is 44.3 Å². The van der Waals surface area contributed by atoms with Crippen LogP contribution >= 0.6 is 0 Å². The van der Waals surface area contributed by atoms with Gasteiger partial charge in [-0.05, 0) is 50.9 Å². The molecule has 2 unspecified atom stereocenters. The fraction of sp³-hybridized carbons (Fsp3) is 0.647. The zero-order chi connectivity index (χ0) is 14.2. The van der Waals surface area contributed by atoms with Gasteiger partial charge >= 0.3 is 0 Å². The molecule has 0 amide bonds. The second-order valence-electron chi connectivity index (χ2n) is 6.69. The molecule has 2 N–H and O–H groups in total. The molecule has 1 saturated heterocycles. The van der Waals surface area contributed by atoms with Crippen LogP contribution in [0.1, 0.15) is 30.9 Å². The van der Waals surface area contributed by atoms with Gasteiger partial charge in [-0.25, -0.2) is 0 Å². The summed E-state index contributed by atoms with van der Waals surface area (Å²) >= 11 is 0. The predicted octanol–water partition coefficient (Wildman–Crippen LogP) is 1.86. The average molecular weight is 273 g/mol. The van der Waals surface area contributed by atoms with Gasteiger partial charge in [0.2, 0.25) is 0 Å². The number of hydrogen-bond donors (Lipinski definition) is 1. The molecule has 3 nitrogen and oxygen atoms in total. The Bertz CT molecular complexity index is 461. The molecule has 2 aliphatic heterocycles. The van der Waals surface area contributed by atoms with Crippen molar-refractivity contribution in [2.75, 3.05) is 26.7 Å². The van der Waals surface area contributed by atoms with E-state index in [-0.39, 0.29) is 5.54 Å². The summed E-state index contributed by atoms with van der Waals surface area (Å²) in [5.41, 5.74) is 9.43. The number of fused-ring (bicyclic) bond motifs is 1. The number of benzene rings is 1. The molecule has 2 aliphatic rings. The highest BCUT2D eigenvalue weighted by molar-refractivity contribution is 5.28. The Labute approximate surface area is 122 Å². The molecule has 1 aromatic carbocycles. The van der Waals surface area contributed by atoms with Crippen LogP contribution in [0.15, 0.2) is 24.3 Å². The maximum atomic E-state index is 6.23. The number of likely N-dealkylation sites (N-methyl/N-ethyl adjacent to an activating group) is 1. The molecule has 0 saturated carbocycles. The summed E-state index contributed by atoms with van der Waals surface area (Å²) in [5.74, 6) is 0. The highest BCUT2D eigenvalue weighted by Crippen LogP contribution is 2.34. The standard InChI is InChI=1S/C17H27N3/c1-14-10-17(12-18,13-19(14)2)20-9-5-8-15-6-3-4-7-16(15)11-20/h3-4,6-7,14H,5,8-13,18H2,1-2H3. The highest BCUT2D eigenvalue weighted by atomic mass is 15.3. The lowest BCUT2D eigenvalue weighted by atomic mass is 9.93. The van der Waals surface area contributed by atoms with Crippen molar-refractivity contribution in [3.05, 3.63) is 35.4 Å². The van der Waals surface area contributed by atoms with Crippen LogP contribution in [0.2, 0.25) is 0 Å². The topological polar surface area (TPSA) is 32.5 Å². The van der Waals surface area contributed by atoms with Gasteiger partial charge in [0.05, 0.1) is 0 Å². The van der Waals surface area contributed by atoms with E-state index in [1.54, 1.807) is 0 Å². The van der Waals surface area contributed by atoms with Crippen molar-refractivity contribution in [3.8, 4) is 0 Å². The largest absolute Gasteiger partial charge is 0.329 e. The minimum Gasteiger partial charge on any atom is -0.329 e. The van der Waals surface area contributed by atoms with Crippen LogP contribution in [0.5, 0.6) is 0 Å². The number of nitrogens with zero attached hydrogens (tertiary/aromatic N) is 2. The van der Waals surface area contributed by atoms with Crippen LogP contribution in [0.25, 0.3) is 0 Å². The van der Waals surface area contributed by atoms with Crippen molar-refractivity contribution < 1.29 is 0 Å². The van der Waals surface area contributed by atoms with E-state index < -0.39 is 0 Å². The van der Waals surface area contributed by atoms with Crippen LogP contribution < -0.4 is 5.73 Å². The summed E-state index contributed by atoms with van der Waals surface area (Å²) in [5, 5.41) is 0. The molecule has 0 aliphatic carbocycles. The van der Waals surface area contributed by atoms with Crippen LogP contribution in [0, 0.1) is 0 Å². The van der Waals surface area contributed by atoms with Gasteiger partial charge < -0.3 is 10.6 Å². The van der Waals surface area contributed by atoms with Crippen LogP contribution in [-0.4, -0.2) is 48.1 Å². The first kappa shape index (κ1) is 14.1. The summed E-state index contributed by atoms with van der Waals surface area (Å²) < 4.78 is 0. The van der Waals surface area contributed by atoms with Gasteiger partial charge in [-0.1, -0.05) is 24.3 Å². The van der Waals surface area contributed by atoms with E-state index >= 15 is 0 Å². The van der Waals surface area contributed by atoms with Crippen molar-refractivity contribution in [2.24, 2.45) is 5.73 Å². The van der Waals surface area contributed by atoms with Gasteiger partial charge in [0, 0.05) is 31.2 Å². The first-order chi connectivity index (χ1) is 9.64. The van der Waals surface area contributed by atoms with Gasteiger partial charge in [0.25, 0.3) is 0 Å². The molecule has 3 rings (SSSR count). The van der Waals surface area contributed by atoms with Crippen molar-refractivity contribution >= 4 is 0 Å². The highest BCUT2D eigenvalue weighted by Gasteiger charge is 2.44. The molecule has 0 bridgehead atoms. The quantitative estimate of drug-likeness (QED) is 0.892. The van der Waals surface area contributed by atoms with E-state index in [1.807, 2.05) is 0 Å². The smallest absolute Gasteiger partial charge is 0.0476 e. The zero-order valence-corrected chi connectivity index (χ0v) is 12.8. The lowest BCUT2D eigenvalue weighted by Crippen LogP contribution is -2.55. The van der Waals surface area contributed by atoms with Crippen molar-refractivity contribution in [1.82, 2.24) is 9.80 Å². The SMILES string of the molecule is CC1CC(CN)(N2CCCc3ccccc3C2)CN1C. The van der Waals surface area contributed by atoms with E-state index in [4.69, 9.17) is 5.73 Å². The lowest BCUT2D eigenvalue weighted by molar-refractivity contribution is 0.0947. The Kier molecular flexibility index (Phi) is 3.85. The number of rotatable bonds is 2. The van der Waals surface area contributed by atoms with Crippen molar-refractivity contribution in [1.29, 1.82) is 0 Å². The van der Waals surface area contributed by atoms with Gasteiger partial charge in [-0.15, -0.1) is 0 Å². The fourth-order valence-electron chi connectivity index (χ4n) is 4.00. The van der Waals surface area contributed by atoms with Gasteiger partial charge in [-0.2, -0.15) is 0 Å². The molecule has 2 heterocycles. The number of hydrogen-bond acceptors (Lipinski definition) is 3. The Balaban J connectivity index is 1.86. The number of nitrogens with two attached hydrogens (primary N) is 1.